The molecule has 0 aliphatic carbocycles. The third-order valence-electron chi connectivity index (χ3n) is 5.15. The highest BCUT2D eigenvalue weighted by molar-refractivity contribution is 7.92. The lowest BCUT2D eigenvalue weighted by molar-refractivity contribution is -0.137. The van der Waals surface area contributed by atoms with Crippen LogP contribution in [0.3, 0.4) is 0 Å². The van der Waals surface area contributed by atoms with Crippen LogP contribution in [0.4, 0.5) is 24.5 Å². The second-order valence-corrected chi connectivity index (χ2v) is 9.25. The third-order valence-corrected chi connectivity index (χ3v) is 6.69. The number of hydrogen-bond acceptors (Lipinski definition) is 4. The molecule has 1 aliphatic rings. The van der Waals surface area contributed by atoms with Crippen molar-refractivity contribution >= 4 is 27.3 Å². The van der Waals surface area contributed by atoms with E-state index in [0.29, 0.717) is 30.9 Å². The fraction of sp³-hybridized carbons (Fsp3) is 0.381. The Bertz CT molecular complexity index is 1070. The number of hydrogen-bond donors (Lipinski definition) is 2. The van der Waals surface area contributed by atoms with Crippen molar-refractivity contribution in [3.05, 3.63) is 53.6 Å². The number of aryl methyl sites for hydroxylation is 1. The maximum Gasteiger partial charge on any atom is 0.416 e. The smallest absolute Gasteiger partial charge is 0.381 e. The first-order valence-corrected chi connectivity index (χ1v) is 11.1. The van der Waals surface area contributed by atoms with E-state index in [4.69, 9.17) is 4.74 Å². The molecule has 1 saturated heterocycles. The van der Waals surface area contributed by atoms with E-state index in [-0.39, 0.29) is 28.3 Å². The molecule has 1 amide bonds. The SMILES string of the molecule is Cc1cc(NC(=O)[C@H]2CCOC[C@H]2C)ccc1S(=O)(=O)Nc1cccc(C(F)(F)F)c1. The Kier molecular flexibility index (Phi) is 6.61. The van der Waals surface area contributed by atoms with Crippen LogP contribution in [-0.4, -0.2) is 27.5 Å². The molecule has 2 N–H and O–H groups in total. The second kappa shape index (κ2) is 8.88. The normalized spacial score (nSPS) is 19.6. The number of carbonyl (C=O) groups is 1. The first-order chi connectivity index (χ1) is 14.5. The Morgan fingerprint density at radius 2 is 1.87 bits per heavy atom. The van der Waals surface area contributed by atoms with Gasteiger partial charge in [-0.15, -0.1) is 0 Å². The topological polar surface area (TPSA) is 84.5 Å². The van der Waals surface area contributed by atoms with Gasteiger partial charge in [-0.1, -0.05) is 13.0 Å². The number of carbonyl (C=O) groups excluding carboxylic acids is 1. The van der Waals surface area contributed by atoms with Crippen LogP contribution in [0.2, 0.25) is 0 Å². The van der Waals surface area contributed by atoms with Gasteiger partial charge in [0.2, 0.25) is 5.91 Å². The van der Waals surface area contributed by atoms with Crippen molar-refractivity contribution in [2.75, 3.05) is 23.3 Å². The summed E-state index contributed by atoms with van der Waals surface area (Å²) in [6.07, 6.45) is -3.97. The highest BCUT2D eigenvalue weighted by Crippen LogP contribution is 2.31. The van der Waals surface area contributed by atoms with E-state index in [9.17, 15) is 26.4 Å². The van der Waals surface area contributed by atoms with Gasteiger partial charge in [0, 0.05) is 30.5 Å². The quantitative estimate of drug-likeness (QED) is 0.697. The first-order valence-electron chi connectivity index (χ1n) is 9.67. The summed E-state index contributed by atoms with van der Waals surface area (Å²) in [4.78, 5) is 12.4. The van der Waals surface area contributed by atoms with Crippen LogP contribution < -0.4 is 10.0 Å². The molecule has 31 heavy (non-hydrogen) atoms. The predicted molar refractivity (Wildman–Crippen MR) is 110 cm³/mol. The average molecular weight is 456 g/mol. The molecular formula is C21H23F3N2O4S. The maximum atomic E-state index is 12.9. The van der Waals surface area contributed by atoms with Crippen LogP contribution in [0.1, 0.15) is 24.5 Å². The number of amides is 1. The summed E-state index contributed by atoms with van der Waals surface area (Å²) >= 11 is 0. The van der Waals surface area contributed by atoms with E-state index in [2.05, 4.69) is 10.0 Å². The number of alkyl halides is 3. The fourth-order valence-electron chi connectivity index (χ4n) is 3.50. The molecular weight excluding hydrogens is 433 g/mol. The highest BCUT2D eigenvalue weighted by Gasteiger charge is 2.31. The monoisotopic (exact) mass is 456 g/mol. The molecule has 2 aromatic carbocycles. The van der Waals surface area contributed by atoms with E-state index < -0.39 is 21.8 Å². The molecule has 3 rings (SSSR count). The molecule has 0 spiro atoms. The van der Waals surface area contributed by atoms with Crippen LogP contribution in [0, 0.1) is 18.8 Å². The summed E-state index contributed by atoms with van der Waals surface area (Å²) < 4.78 is 71.6. The summed E-state index contributed by atoms with van der Waals surface area (Å²) in [6.45, 7) is 4.51. The van der Waals surface area contributed by atoms with E-state index in [0.717, 1.165) is 18.2 Å². The van der Waals surface area contributed by atoms with E-state index in [1.807, 2.05) is 6.92 Å². The van der Waals surface area contributed by atoms with Gasteiger partial charge in [-0.25, -0.2) is 8.42 Å². The fourth-order valence-corrected chi connectivity index (χ4v) is 4.78. The van der Waals surface area contributed by atoms with Crippen molar-refractivity contribution in [2.45, 2.75) is 31.3 Å². The van der Waals surface area contributed by atoms with Gasteiger partial charge in [0.15, 0.2) is 0 Å². The molecule has 0 unspecified atom stereocenters. The number of nitrogens with one attached hydrogen (secondary N) is 2. The predicted octanol–water partition coefficient (Wildman–Crippen LogP) is 4.43. The van der Waals surface area contributed by atoms with Crippen molar-refractivity contribution in [3.63, 3.8) is 0 Å². The van der Waals surface area contributed by atoms with Gasteiger partial charge < -0.3 is 10.1 Å². The first kappa shape index (κ1) is 23.1. The van der Waals surface area contributed by atoms with Gasteiger partial charge >= 0.3 is 6.18 Å². The lowest BCUT2D eigenvalue weighted by Gasteiger charge is -2.27. The van der Waals surface area contributed by atoms with Crippen molar-refractivity contribution in [2.24, 2.45) is 11.8 Å². The van der Waals surface area contributed by atoms with Crippen molar-refractivity contribution in [1.29, 1.82) is 0 Å². The van der Waals surface area contributed by atoms with Gasteiger partial charge in [-0.3, -0.25) is 9.52 Å². The molecule has 6 nitrogen and oxygen atoms in total. The van der Waals surface area contributed by atoms with Gasteiger partial charge in [0.05, 0.1) is 10.5 Å². The zero-order chi connectivity index (χ0) is 22.8. The number of sulfonamides is 1. The minimum atomic E-state index is -4.58. The summed E-state index contributed by atoms with van der Waals surface area (Å²) in [6, 6.07) is 8.25. The molecule has 2 aromatic rings. The number of benzene rings is 2. The highest BCUT2D eigenvalue weighted by atomic mass is 32.2. The third kappa shape index (κ3) is 5.56. The number of anilines is 2. The molecule has 0 radical (unpaired) electrons. The van der Waals surface area contributed by atoms with Crippen molar-refractivity contribution < 1.29 is 31.1 Å². The standard InChI is InChI=1S/C21H23F3N2O4S/c1-13-10-16(25-20(27)18-8-9-30-12-14(18)2)6-7-19(13)31(28,29)26-17-5-3-4-15(11-17)21(22,23)24/h3-7,10-11,14,18,26H,8-9,12H2,1-2H3,(H,25,27)/t14-,18+/m1/s1. The maximum absolute atomic E-state index is 12.9. The Hall–Kier alpha value is -2.59. The molecule has 1 aliphatic heterocycles. The van der Waals surface area contributed by atoms with E-state index in [1.165, 1.54) is 24.3 Å². The second-order valence-electron chi connectivity index (χ2n) is 7.60. The summed E-state index contributed by atoms with van der Waals surface area (Å²) in [5.74, 6) is -0.279. The molecule has 1 heterocycles. The molecule has 1 fully saturated rings. The van der Waals surface area contributed by atoms with Crippen LogP contribution in [-0.2, 0) is 25.7 Å². The lowest BCUT2D eigenvalue weighted by atomic mass is 9.89. The van der Waals surface area contributed by atoms with Crippen LogP contribution in [0.5, 0.6) is 0 Å². The van der Waals surface area contributed by atoms with Crippen molar-refractivity contribution in [3.8, 4) is 0 Å². The van der Waals surface area contributed by atoms with Crippen molar-refractivity contribution in [1.82, 2.24) is 0 Å². The van der Waals surface area contributed by atoms with Crippen LogP contribution in [0.25, 0.3) is 0 Å². The van der Waals surface area contributed by atoms with Gasteiger partial charge in [0.25, 0.3) is 10.0 Å². The molecule has 0 bridgehead atoms. The molecule has 10 heteroatoms. The van der Waals surface area contributed by atoms with Crippen LogP contribution >= 0.6 is 0 Å². The Morgan fingerprint density at radius 3 is 2.52 bits per heavy atom. The lowest BCUT2D eigenvalue weighted by Crippen LogP contribution is -2.35. The zero-order valence-corrected chi connectivity index (χ0v) is 17.8. The van der Waals surface area contributed by atoms with E-state index in [1.54, 1.807) is 6.92 Å². The van der Waals surface area contributed by atoms with Crippen LogP contribution in [0.15, 0.2) is 47.4 Å². The Balaban J connectivity index is 1.76. The number of halogens is 3. The van der Waals surface area contributed by atoms with Gasteiger partial charge in [-0.05, 0) is 61.2 Å². The largest absolute Gasteiger partial charge is 0.416 e. The summed E-state index contributed by atoms with van der Waals surface area (Å²) in [5, 5.41) is 2.80. The van der Waals surface area contributed by atoms with Gasteiger partial charge in [0.1, 0.15) is 0 Å². The number of rotatable bonds is 5. The molecule has 168 valence electrons. The molecule has 0 aromatic heterocycles. The average Bonchev–Trinajstić information content (AvgIpc) is 2.67. The Labute approximate surface area is 178 Å². The Morgan fingerprint density at radius 1 is 1.13 bits per heavy atom. The zero-order valence-electron chi connectivity index (χ0n) is 17.0. The van der Waals surface area contributed by atoms with Gasteiger partial charge in [-0.2, -0.15) is 13.2 Å². The minimum absolute atomic E-state index is 0.0751. The molecule has 0 saturated carbocycles. The number of ether oxygens (including phenoxy) is 1. The van der Waals surface area contributed by atoms with E-state index >= 15 is 0 Å². The molecule has 2 atom stereocenters. The summed E-state index contributed by atoms with van der Waals surface area (Å²) in [7, 11) is -4.13. The summed E-state index contributed by atoms with van der Waals surface area (Å²) in [5.41, 5.74) is -0.360. The minimum Gasteiger partial charge on any atom is -0.381 e.